The highest BCUT2D eigenvalue weighted by Gasteiger charge is 2.12. The Balaban J connectivity index is 2.38. The first-order chi connectivity index (χ1) is 10.1. The van der Waals surface area contributed by atoms with Crippen LogP contribution in [0.1, 0.15) is 11.1 Å². The van der Waals surface area contributed by atoms with Crippen molar-refractivity contribution in [3.63, 3.8) is 0 Å². The van der Waals surface area contributed by atoms with Crippen LogP contribution in [0.5, 0.6) is 0 Å². The maximum absolute atomic E-state index is 5.95. The van der Waals surface area contributed by atoms with Crippen LogP contribution >= 0.6 is 15.9 Å². The van der Waals surface area contributed by atoms with Gasteiger partial charge in [0.15, 0.2) is 0 Å². The Morgan fingerprint density at radius 2 is 2.10 bits per heavy atom. The number of aromatic nitrogens is 2. The molecule has 0 fully saturated rings. The number of fused-ring (bicyclic) bond motifs is 1. The molecular weight excluding hydrogens is 326 g/mol. The molecule has 104 valence electrons. The van der Waals surface area contributed by atoms with E-state index in [0.717, 1.165) is 37.8 Å². The molecule has 0 radical (unpaired) electrons. The summed E-state index contributed by atoms with van der Waals surface area (Å²) in [6.07, 6.45) is 3.51. The Morgan fingerprint density at radius 3 is 2.86 bits per heavy atom. The lowest BCUT2D eigenvalue weighted by Gasteiger charge is -2.12. The van der Waals surface area contributed by atoms with E-state index in [1.54, 1.807) is 6.20 Å². The van der Waals surface area contributed by atoms with E-state index >= 15 is 0 Å². The molecule has 0 atom stereocenters. The molecule has 3 aromatic rings. The average Bonchev–Trinajstić information content (AvgIpc) is 2.49. The Kier molecular flexibility index (Phi) is 3.47. The summed E-state index contributed by atoms with van der Waals surface area (Å²) in [4.78, 5) is 8.86. The first-order valence-electron chi connectivity index (χ1n) is 6.55. The second kappa shape index (κ2) is 5.30. The number of hydrogen-bond acceptors (Lipinski definition) is 3. The van der Waals surface area contributed by atoms with E-state index in [1.165, 1.54) is 0 Å². The fourth-order valence-electron chi connectivity index (χ4n) is 2.37. The highest BCUT2D eigenvalue weighted by molar-refractivity contribution is 9.10. The summed E-state index contributed by atoms with van der Waals surface area (Å²) in [5, 5.41) is 0.966. The van der Waals surface area contributed by atoms with Crippen LogP contribution in [0.2, 0.25) is 0 Å². The van der Waals surface area contributed by atoms with E-state index < -0.39 is 0 Å². The quantitative estimate of drug-likeness (QED) is 0.742. The maximum atomic E-state index is 5.95. The van der Waals surface area contributed by atoms with Crippen LogP contribution in [0.25, 0.3) is 28.2 Å². The van der Waals surface area contributed by atoms with Gasteiger partial charge in [0.05, 0.1) is 5.69 Å². The summed E-state index contributed by atoms with van der Waals surface area (Å²) in [5.74, 6) is 0.442. The largest absolute Gasteiger partial charge is 0.382 e. The third kappa shape index (κ3) is 2.32. The minimum absolute atomic E-state index is 0.442. The molecule has 0 saturated carbocycles. The molecule has 0 saturated heterocycles. The van der Waals surface area contributed by atoms with Crippen molar-refractivity contribution in [3.05, 3.63) is 58.7 Å². The van der Waals surface area contributed by atoms with Gasteiger partial charge in [0, 0.05) is 27.2 Å². The van der Waals surface area contributed by atoms with E-state index in [0.29, 0.717) is 5.82 Å². The van der Waals surface area contributed by atoms with Crippen molar-refractivity contribution in [2.24, 2.45) is 0 Å². The smallest absolute Gasteiger partial charge is 0.149 e. The highest BCUT2D eigenvalue weighted by Crippen LogP contribution is 2.32. The summed E-state index contributed by atoms with van der Waals surface area (Å²) >= 11 is 3.56. The van der Waals surface area contributed by atoms with Crippen molar-refractivity contribution in [2.75, 3.05) is 5.73 Å². The molecule has 1 aromatic carbocycles. The van der Waals surface area contributed by atoms with Crippen molar-refractivity contribution in [1.29, 1.82) is 0 Å². The number of nitrogens with two attached hydrogens (primary N) is 1. The second-order valence-corrected chi connectivity index (χ2v) is 5.66. The van der Waals surface area contributed by atoms with Crippen molar-refractivity contribution >= 4 is 38.7 Å². The molecule has 0 aliphatic rings. The normalized spacial score (nSPS) is 10.8. The van der Waals surface area contributed by atoms with Gasteiger partial charge in [0.25, 0.3) is 0 Å². The predicted octanol–water partition coefficient (Wildman–Crippen LogP) is 4.59. The molecule has 4 heteroatoms. The lowest BCUT2D eigenvalue weighted by Crippen LogP contribution is -1.97. The van der Waals surface area contributed by atoms with Crippen molar-refractivity contribution in [3.8, 4) is 11.3 Å². The van der Waals surface area contributed by atoms with E-state index in [1.807, 2.05) is 36.4 Å². The molecular formula is C17H14BrN3. The summed E-state index contributed by atoms with van der Waals surface area (Å²) in [6, 6.07) is 10.0. The minimum Gasteiger partial charge on any atom is -0.382 e. The van der Waals surface area contributed by atoms with Gasteiger partial charge in [0.2, 0.25) is 0 Å². The van der Waals surface area contributed by atoms with E-state index in [4.69, 9.17) is 10.7 Å². The summed E-state index contributed by atoms with van der Waals surface area (Å²) in [5.41, 5.74) is 10.7. The lowest BCUT2D eigenvalue weighted by molar-refractivity contribution is 1.30. The predicted molar refractivity (Wildman–Crippen MR) is 91.9 cm³/mol. The number of nitrogen functional groups attached to an aromatic ring is 1. The number of benzene rings is 1. The standard InChI is InChI=1S/C17H14BrN3/c1-3-11-9-12-7-8-20-17(19)16(12)21-15(11)13-5-4-6-14(18)10(13)2/h3-9H,1H2,2H3,(H2,19,20). The Hall–Kier alpha value is -2.20. The van der Waals surface area contributed by atoms with Crippen molar-refractivity contribution in [1.82, 2.24) is 9.97 Å². The van der Waals surface area contributed by atoms with Gasteiger partial charge in [-0.1, -0.05) is 40.7 Å². The number of rotatable bonds is 2. The second-order valence-electron chi connectivity index (χ2n) is 4.81. The molecule has 0 aliphatic heterocycles. The molecule has 2 N–H and O–H groups in total. The number of pyridine rings is 2. The Morgan fingerprint density at radius 1 is 1.29 bits per heavy atom. The maximum Gasteiger partial charge on any atom is 0.149 e. The molecule has 21 heavy (non-hydrogen) atoms. The molecule has 2 aromatic heterocycles. The number of anilines is 1. The number of halogens is 1. The summed E-state index contributed by atoms with van der Waals surface area (Å²) < 4.78 is 1.05. The summed E-state index contributed by atoms with van der Waals surface area (Å²) in [7, 11) is 0. The average molecular weight is 340 g/mol. The van der Waals surface area contributed by atoms with E-state index in [9.17, 15) is 0 Å². The van der Waals surface area contributed by atoms with Crippen molar-refractivity contribution < 1.29 is 0 Å². The van der Waals surface area contributed by atoms with Crippen LogP contribution < -0.4 is 5.73 Å². The monoisotopic (exact) mass is 339 g/mol. The van der Waals surface area contributed by atoms with Gasteiger partial charge in [-0.25, -0.2) is 9.97 Å². The van der Waals surface area contributed by atoms with Crippen LogP contribution in [0.15, 0.2) is 47.6 Å². The molecule has 0 aliphatic carbocycles. The zero-order chi connectivity index (χ0) is 15.0. The minimum atomic E-state index is 0.442. The van der Waals surface area contributed by atoms with Crippen LogP contribution in [-0.4, -0.2) is 9.97 Å². The van der Waals surface area contributed by atoms with Crippen LogP contribution in [0, 0.1) is 6.92 Å². The molecule has 0 amide bonds. The van der Waals surface area contributed by atoms with Gasteiger partial charge in [-0.15, -0.1) is 0 Å². The first kappa shape index (κ1) is 13.8. The third-order valence-electron chi connectivity index (χ3n) is 3.53. The summed E-state index contributed by atoms with van der Waals surface area (Å²) in [6.45, 7) is 5.96. The fraction of sp³-hybridized carbons (Fsp3) is 0.0588. The van der Waals surface area contributed by atoms with Gasteiger partial charge < -0.3 is 5.73 Å². The lowest BCUT2D eigenvalue weighted by atomic mass is 10.00. The topological polar surface area (TPSA) is 51.8 Å². The van der Waals surface area contributed by atoms with Gasteiger partial charge in [-0.05, 0) is 30.7 Å². The Labute approximate surface area is 131 Å². The molecule has 0 spiro atoms. The molecule has 2 heterocycles. The molecule has 3 rings (SSSR count). The highest BCUT2D eigenvalue weighted by atomic mass is 79.9. The molecule has 0 bridgehead atoms. The fourth-order valence-corrected chi connectivity index (χ4v) is 2.74. The van der Waals surface area contributed by atoms with Gasteiger partial charge >= 0.3 is 0 Å². The van der Waals surface area contributed by atoms with Crippen LogP contribution in [0.3, 0.4) is 0 Å². The van der Waals surface area contributed by atoms with Crippen molar-refractivity contribution in [2.45, 2.75) is 6.92 Å². The van der Waals surface area contributed by atoms with E-state index in [2.05, 4.69) is 34.4 Å². The molecule has 3 nitrogen and oxygen atoms in total. The van der Waals surface area contributed by atoms with Gasteiger partial charge in [-0.3, -0.25) is 0 Å². The molecule has 0 unspecified atom stereocenters. The zero-order valence-corrected chi connectivity index (χ0v) is 13.2. The Bertz CT molecular complexity index is 856. The van der Waals surface area contributed by atoms with Crippen LogP contribution in [-0.2, 0) is 0 Å². The number of nitrogens with zero attached hydrogens (tertiary/aromatic N) is 2. The van der Waals surface area contributed by atoms with Crippen LogP contribution in [0.4, 0.5) is 5.82 Å². The number of hydrogen-bond donors (Lipinski definition) is 1. The van der Waals surface area contributed by atoms with E-state index in [-0.39, 0.29) is 0 Å². The SMILES string of the molecule is C=Cc1cc2ccnc(N)c2nc1-c1cccc(Br)c1C. The third-order valence-corrected chi connectivity index (χ3v) is 4.39. The van der Waals surface area contributed by atoms with Gasteiger partial charge in [0.1, 0.15) is 11.3 Å². The first-order valence-corrected chi connectivity index (χ1v) is 7.34. The zero-order valence-electron chi connectivity index (χ0n) is 11.6. The van der Waals surface area contributed by atoms with Gasteiger partial charge in [-0.2, -0.15) is 0 Å².